The molecule has 0 unspecified atom stereocenters. The van der Waals surface area contributed by atoms with Crippen LogP contribution >= 0.6 is 0 Å². The van der Waals surface area contributed by atoms with Crippen LogP contribution < -0.4 is 15.4 Å². The lowest BCUT2D eigenvalue weighted by Crippen LogP contribution is -2.39. The van der Waals surface area contributed by atoms with Crippen LogP contribution in [0, 0.1) is 0 Å². The maximum Gasteiger partial charge on any atom is 0.323 e. The van der Waals surface area contributed by atoms with E-state index in [1.807, 2.05) is 6.92 Å². The molecule has 21 heavy (non-hydrogen) atoms. The number of nitrogens with one attached hydrogen (secondary N) is 2. The molecule has 2 heterocycles. The van der Waals surface area contributed by atoms with Crippen molar-refractivity contribution in [2.45, 2.75) is 13.3 Å². The molecule has 0 amide bonds. The molecule has 1 fully saturated rings. The van der Waals surface area contributed by atoms with Gasteiger partial charge in [-0.05, 0) is 6.42 Å². The second-order valence-electron chi connectivity index (χ2n) is 4.74. The van der Waals surface area contributed by atoms with Crippen molar-refractivity contribution in [2.24, 2.45) is 0 Å². The van der Waals surface area contributed by atoms with Gasteiger partial charge in [-0.1, -0.05) is 6.92 Å². The third kappa shape index (κ3) is 5.31. The Morgan fingerprint density at radius 3 is 2.67 bits per heavy atom. The van der Waals surface area contributed by atoms with E-state index in [-0.39, 0.29) is 0 Å². The zero-order chi connectivity index (χ0) is 14.9. The molecular formula is C13H24N6O2. The van der Waals surface area contributed by atoms with Gasteiger partial charge in [0.25, 0.3) is 0 Å². The van der Waals surface area contributed by atoms with E-state index in [1.54, 1.807) is 7.05 Å². The van der Waals surface area contributed by atoms with E-state index in [0.717, 1.165) is 45.8 Å². The van der Waals surface area contributed by atoms with Crippen molar-refractivity contribution in [3.05, 3.63) is 0 Å². The molecule has 2 rings (SSSR count). The summed E-state index contributed by atoms with van der Waals surface area (Å²) in [5, 5.41) is 6.13. The van der Waals surface area contributed by atoms with Crippen LogP contribution in [0.4, 0.5) is 11.9 Å². The van der Waals surface area contributed by atoms with E-state index in [0.29, 0.717) is 24.5 Å². The first-order chi connectivity index (χ1) is 10.3. The van der Waals surface area contributed by atoms with E-state index < -0.39 is 0 Å². The van der Waals surface area contributed by atoms with E-state index >= 15 is 0 Å². The molecule has 1 aromatic heterocycles. The molecule has 118 valence electrons. The van der Waals surface area contributed by atoms with E-state index in [1.165, 1.54) is 0 Å². The maximum absolute atomic E-state index is 5.47. The number of ether oxygens (including phenoxy) is 2. The molecule has 0 aromatic carbocycles. The smallest absolute Gasteiger partial charge is 0.323 e. The van der Waals surface area contributed by atoms with Crippen LogP contribution in [0.1, 0.15) is 13.3 Å². The summed E-state index contributed by atoms with van der Waals surface area (Å²) in [6.07, 6.45) is 0.917. The Kier molecular flexibility index (Phi) is 6.42. The summed E-state index contributed by atoms with van der Waals surface area (Å²) in [6.45, 7) is 7.93. The Labute approximate surface area is 125 Å². The molecule has 0 radical (unpaired) electrons. The summed E-state index contributed by atoms with van der Waals surface area (Å²) in [4.78, 5) is 15.1. The van der Waals surface area contributed by atoms with Crippen LogP contribution in [-0.4, -0.2) is 72.9 Å². The van der Waals surface area contributed by atoms with Gasteiger partial charge in [0.2, 0.25) is 11.9 Å². The highest BCUT2D eigenvalue weighted by Gasteiger charge is 2.10. The molecule has 0 aliphatic carbocycles. The van der Waals surface area contributed by atoms with Gasteiger partial charge < -0.3 is 20.1 Å². The summed E-state index contributed by atoms with van der Waals surface area (Å²) < 4.78 is 10.8. The van der Waals surface area contributed by atoms with Crippen LogP contribution in [0.3, 0.4) is 0 Å². The van der Waals surface area contributed by atoms with Gasteiger partial charge in [0.05, 0.1) is 19.8 Å². The quantitative estimate of drug-likeness (QED) is 0.715. The van der Waals surface area contributed by atoms with E-state index in [9.17, 15) is 0 Å². The van der Waals surface area contributed by atoms with Gasteiger partial charge in [0.15, 0.2) is 0 Å². The van der Waals surface area contributed by atoms with Crippen LogP contribution in [0.25, 0.3) is 0 Å². The van der Waals surface area contributed by atoms with Crippen LogP contribution in [0.2, 0.25) is 0 Å². The molecule has 0 saturated carbocycles. The Morgan fingerprint density at radius 1 is 1.19 bits per heavy atom. The van der Waals surface area contributed by atoms with Gasteiger partial charge in [-0.3, -0.25) is 4.90 Å². The molecule has 2 N–H and O–H groups in total. The monoisotopic (exact) mass is 296 g/mol. The van der Waals surface area contributed by atoms with E-state index in [4.69, 9.17) is 9.47 Å². The summed E-state index contributed by atoms with van der Waals surface area (Å²) >= 11 is 0. The van der Waals surface area contributed by atoms with Gasteiger partial charge in [-0.15, -0.1) is 0 Å². The number of aromatic nitrogens is 3. The van der Waals surface area contributed by atoms with Crippen LogP contribution in [0.5, 0.6) is 6.01 Å². The largest absolute Gasteiger partial charge is 0.463 e. The Hall–Kier alpha value is -1.67. The number of nitrogens with zero attached hydrogens (tertiary/aromatic N) is 4. The van der Waals surface area contributed by atoms with Crippen molar-refractivity contribution in [2.75, 3.05) is 63.7 Å². The third-order valence-electron chi connectivity index (χ3n) is 3.09. The molecular weight excluding hydrogens is 272 g/mol. The van der Waals surface area contributed by atoms with Crippen LogP contribution in [0.15, 0.2) is 0 Å². The average Bonchev–Trinajstić information content (AvgIpc) is 2.53. The lowest BCUT2D eigenvalue weighted by Gasteiger charge is -2.26. The van der Waals surface area contributed by atoms with Gasteiger partial charge >= 0.3 is 6.01 Å². The first kappa shape index (κ1) is 15.7. The Balaban J connectivity index is 1.85. The highest BCUT2D eigenvalue weighted by Crippen LogP contribution is 2.10. The fraction of sp³-hybridized carbons (Fsp3) is 0.769. The first-order valence-corrected chi connectivity index (χ1v) is 7.42. The van der Waals surface area contributed by atoms with Crippen molar-refractivity contribution in [3.8, 4) is 6.01 Å². The highest BCUT2D eigenvalue weighted by atomic mass is 16.5. The average molecular weight is 296 g/mol. The first-order valence-electron chi connectivity index (χ1n) is 7.42. The van der Waals surface area contributed by atoms with Gasteiger partial charge in [-0.25, -0.2) is 0 Å². The van der Waals surface area contributed by atoms with Crippen LogP contribution in [-0.2, 0) is 4.74 Å². The molecule has 0 atom stereocenters. The number of hydrogen-bond donors (Lipinski definition) is 2. The van der Waals surface area contributed by atoms with Gasteiger partial charge in [-0.2, -0.15) is 15.0 Å². The van der Waals surface area contributed by atoms with Crippen molar-refractivity contribution < 1.29 is 9.47 Å². The number of anilines is 2. The van der Waals surface area contributed by atoms with Gasteiger partial charge in [0, 0.05) is 33.2 Å². The predicted molar refractivity (Wildman–Crippen MR) is 80.9 cm³/mol. The predicted octanol–water partition coefficient (Wildman–Crippen LogP) is 0.446. The van der Waals surface area contributed by atoms with Crippen molar-refractivity contribution in [1.29, 1.82) is 0 Å². The SMILES string of the molecule is CCCOc1nc(NC)nc(NCCN2CCOCC2)n1. The second-order valence-corrected chi connectivity index (χ2v) is 4.74. The standard InChI is InChI=1S/C13H24N6O2/c1-3-8-21-13-17-11(14-2)16-12(18-13)15-4-5-19-6-9-20-10-7-19/h3-10H2,1-2H3,(H2,14,15,16,17,18). The summed E-state index contributed by atoms with van der Waals surface area (Å²) in [6, 6.07) is 0.352. The Morgan fingerprint density at radius 2 is 1.95 bits per heavy atom. The van der Waals surface area contributed by atoms with Crippen molar-refractivity contribution >= 4 is 11.9 Å². The highest BCUT2D eigenvalue weighted by molar-refractivity contribution is 5.35. The summed E-state index contributed by atoms with van der Waals surface area (Å²) in [7, 11) is 1.77. The van der Waals surface area contributed by atoms with Crippen molar-refractivity contribution in [1.82, 2.24) is 19.9 Å². The molecule has 0 spiro atoms. The Bertz CT molecular complexity index is 425. The molecule has 1 aliphatic heterocycles. The minimum absolute atomic E-state index is 0.352. The van der Waals surface area contributed by atoms with E-state index in [2.05, 4.69) is 30.5 Å². The molecule has 0 bridgehead atoms. The second kappa shape index (κ2) is 8.58. The lowest BCUT2D eigenvalue weighted by atomic mass is 10.4. The molecule has 8 nitrogen and oxygen atoms in total. The number of hydrogen-bond acceptors (Lipinski definition) is 8. The molecule has 8 heteroatoms. The fourth-order valence-electron chi connectivity index (χ4n) is 1.96. The summed E-state index contributed by atoms with van der Waals surface area (Å²) in [5.41, 5.74) is 0. The fourth-order valence-corrected chi connectivity index (χ4v) is 1.96. The molecule has 1 aromatic rings. The zero-order valence-electron chi connectivity index (χ0n) is 12.8. The maximum atomic E-state index is 5.47. The molecule has 1 aliphatic rings. The minimum Gasteiger partial charge on any atom is -0.463 e. The zero-order valence-corrected chi connectivity index (χ0v) is 12.8. The molecule has 1 saturated heterocycles. The summed E-state index contributed by atoms with van der Waals surface area (Å²) in [5.74, 6) is 1.04. The third-order valence-corrected chi connectivity index (χ3v) is 3.09. The number of rotatable bonds is 8. The van der Waals surface area contributed by atoms with Crippen molar-refractivity contribution in [3.63, 3.8) is 0 Å². The minimum atomic E-state index is 0.352. The normalized spacial score (nSPS) is 15.7. The van der Waals surface area contributed by atoms with Gasteiger partial charge in [0.1, 0.15) is 0 Å². The topological polar surface area (TPSA) is 84.4 Å². The lowest BCUT2D eigenvalue weighted by molar-refractivity contribution is 0.0398. The number of morpholine rings is 1.